The zero-order chi connectivity index (χ0) is 17.8. The Bertz CT molecular complexity index is 785. The van der Waals surface area contributed by atoms with E-state index in [1.165, 1.54) is 19.2 Å². The first kappa shape index (κ1) is 17.4. The zero-order valence-electron chi connectivity index (χ0n) is 14.0. The Hall–Kier alpha value is -2.41. The van der Waals surface area contributed by atoms with E-state index < -0.39 is 0 Å². The molecule has 0 fully saturated rings. The van der Waals surface area contributed by atoms with Crippen LogP contribution in [-0.2, 0) is 0 Å². The summed E-state index contributed by atoms with van der Waals surface area (Å²) in [6.45, 7) is 0. The number of thioether (sulfide) groups is 1. The van der Waals surface area contributed by atoms with Crippen LogP contribution in [0.1, 0.15) is 18.0 Å². The minimum absolute atomic E-state index is 0.216. The summed E-state index contributed by atoms with van der Waals surface area (Å²) in [5.41, 5.74) is 1.40. The summed E-state index contributed by atoms with van der Waals surface area (Å²) in [5, 5.41) is 5.69. The standard InChI is InChI=1S/C18H19FN2O3S/c1-23-15-5-4-12(10-16(15)24-2)20-18(22)21-14-7-8-25-17-6-3-11(19)9-13(14)17/h3-6,9-10,14H,7-8H2,1-2H3,(H2,20,21,22). The van der Waals surface area contributed by atoms with E-state index in [-0.39, 0.29) is 17.9 Å². The lowest BCUT2D eigenvalue weighted by atomic mass is 10.0. The van der Waals surface area contributed by atoms with Crippen LogP contribution in [0.3, 0.4) is 0 Å². The van der Waals surface area contributed by atoms with Gasteiger partial charge in [0.15, 0.2) is 11.5 Å². The number of anilines is 1. The number of benzene rings is 2. The van der Waals surface area contributed by atoms with Crippen molar-refractivity contribution < 1.29 is 18.7 Å². The van der Waals surface area contributed by atoms with Crippen LogP contribution >= 0.6 is 11.8 Å². The van der Waals surface area contributed by atoms with Crippen molar-refractivity contribution in [1.29, 1.82) is 0 Å². The van der Waals surface area contributed by atoms with Gasteiger partial charge in [0.2, 0.25) is 0 Å². The first-order valence-corrected chi connectivity index (χ1v) is 8.81. The topological polar surface area (TPSA) is 59.6 Å². The van der Waals surface area contributed by atoms with E-state index in [2.05, 4.69) is 10.6 Å². The van der Waals surface area contributed by atoms with Gasteiger partial charge < -0.3 is 20.1 Å². The van der Waals surface area contributed by atoms with Gasteiger partial charge in [-0.15, -0.1) is 11.8 Å². The quantitative estimate of drug-likeness (QED) is 0.856. The number of methoxy groups -OCH3 is 2. The number of nitrogens with one attached hydrogen (secondary N) is 2. The van der Waals surface area contributed by atoms with Crippen molar-refractivity contribution in [2.75, 3.05) is 25.3 Å². The molecule has 25 heavy (non-hydrogen) atoms. The molecule has 2 aromatic rings. The van der Waals surface area contributed by atoms with Gasteiger partial charge in [-0.3, -0.25) is 0 Å². The average molecular weight is 362 g/mol. The molecule has 2 aromatic carbocycles. The summed E-state index contributed by atoms with van der Waals surface area (Å²) in [6.07, 6.45) is 0.750. The maximum Gasteiger partial charge on any atom is 0.319 e. The molecule has 7 heteroatoms. The average Bonchev–Trinajstić information content (AvgIpc) is 2.62. The number of carbonyl (C=O) groups excluding carboxylic acids is 1. The number of rotatable bonds is 4. The molecule has 5 nitrogen and oxygen atoms in total. The highest BCUT2D eigenvalue weighted by Crippen LogP contribution is 2.36. The van der Waals surface area contributed by atoms with Crippen molar-refractivity contribution in [1.82, 2.24) is 5.32 Å². The molecule has 1 aliphatic heterocycles. The Morgan fingerprint density at radius 2 is 1.96 bits per heavy atom. The number of hydrogen-bond acceptors (Lipinski definition) is 4. The Morgan fingerprint density at radius 1 is 1.16 bits per heavy atom. The second kappa shape index (κ2) is 7.65. The molecule has 0 spiro atoms. The van der Waals surface area contributed by atoms with E-state index in [0.717, 1.165) is 22.6 Å². The molecular weight excluding hydrogens is 343 g/mol. The highest BCUT2D eigenvalue weighted by atomic mass is 32.2. The normalized spacial score (nSPS) is 15.9. The molecule has 2 amide bonds. The predicted molar refractivity (Wildman–Crippen MR) is 96.2 cm³/mol. The third kappa shape index (κ3) is 3.99. The fourth-order valence-electron chi connectivity index (χ4n) is 2.75. The first-order chi connectivity index (χ1) is 12.1. The lowest BCUT2D eigenvalue weighted by Crippen LogP contribution is -2.34. The lowest BCUT2D eigenvalue weighted by molar-refractivity contribution is 0.248. The van der Waals surface area contributed by atoms with Gasteiger partial charge in [0.25, 0.3) is 0 Å². The second-order valence-corrected chi connectivity index (χ2v) is 6.68. The van der Waals surface area contributed by atoms with Gasteiger partial charge in [-0.05, 0) is 42.3 Å². The van der Waals surface area contributed by atoms with E-state index in [0.29, 0.717) is 17.2 Å². The third-order valence-corrected chi connectivity index (χ3v) is 5.08. The van der Waals surface area contributed by atoms with Crippen LogP contribution in [0.4, 0.5) is 14.9 Å². The van der Waals surface area contributed by atoms with Crippen LogP contribution in [0.15, 0.2) is 41.3 Å². The largest absolute Gasteiger partial charge is 0.493 e. The fraction of sp³-hybridized carbons (Fsp3) is 0.278. The monoisotopic (exact) mass is 362 g/mol. The van der Waals surface area contributed by atoms with Crippen molar-refractivity contribution >= 4 is 23.5 Å². The van der Waals surface area contributed by atoms with Crippen molar-refractivity contribution in [2.45, 2.75) is 17.4 Å². The van der Waals surface area contributed by atoms with Crippen molar-refractivity contribution in [3.63, 3.8) is 0 Å². The molecule has 0 radical (unpaired) electrons. The Morgan fingerprint density at radius 3 is 2.72 bits per heavy atom. The van der Waals surface area contributed by atoms with Crippen LogP contribution in [0.5, 0.6) is 11.5 Å². The molecule has 1 heterocycles. The van der Waals surface area contributed by atoms with Crippen molar-refractivity contribution in [3.05, 3.63) is 47.8 Å². The van der Waals surface area contributed by atoms with Crippen LogP contribution in [0, 0.1) is 5.82 Å². The van der Waals surface area contributed by atoms with Crippen LogP contribution in [0.2, 0.25) is 0 Å². The number of halogens is 1. The predicted octanol–water partition coefficient (Wildman–Crippen LogP) is 4.20. The number of fused-ring (bicyclic) bond motifs is 1. The fourth-order valence-corrected chi connectivity index (χ4v) is 3.86. The number of hydrogen-bond donors (Lipinski definition) is 2. The molecule has 0 saturated heterocycles. The Balaban J connectivity index is 1.71. The molecule has 1 unspecified atom stereocenters. The SMILES string of the molecule is COc1ccc(NC(=O)NC2CCSc3ccc(F)cc32)cc1OC. The van der Waals surface area contributed by atoms with Gasteiger partial charge in [0.05, 0.1) is 20.3 Å². The third-order valence-electron chi connectivity index (χ3n) is 3.96. The molecule has 2 N–H and O–H groups in total. The van der Waals surface area contributed by atoms with Gasteiger partial charge in [-0.1, -0.05) is 0 Å². The molecular formula is C18H19FN2O3S. The highest BCUT2D eigenvalue weighted by Gasteiger charge is 2.23. The first-order valence-electron chi connectivity index (χ1n) is 7.82. The van der Waals surface area contributed by atoms with Crippen molar-refractivity contribution in [2.24, 2.45) is 0 Å². The molecule has 1 atom stereocenters. The van der Waals surface area contributed by atoms with Gasteiger partial charge in [-0.2, -0.15) is 0 Å². The molecule has 0 aromatic heterocycles. The molecule has 3 rings (SSSR count). The van der Waals surface area contributed by atoms with Gasteiger partial charge >= 0.3 is 6.03 Å². The van der Waals surface area contributed by atoms with Gasteiger partial charge in [0.1, 0.15) is 5.82 Å². The minimum atomic E-state index is -0.348. The van der Waals surface area contributed by atoms with Crippen LogP contribution < -0.4 is 20.1 Å². The van der Waals surface area contributed by atoms with Crippen LogP contribution in [-0.4, -0.2) is 26.0 Å². The van der Waals surface area contributed by atoms with E-state index in [1.807, 2.05) is 0 Å². The van der Waals surface area contributed by atoms with E-state index in [1.54, 1.807) is 43.1 Å². The number of ether oxygens (including phenoxy) is 2. The molecule has 0 saturated carbocycles. The summed E-state index contributed by atoms with van der Waals surface area (Å²) < 4.78 is 23.9. The zero-order valence-corrected chi connectivity index (χ0v) is 14.8. The summed E-state index contributed by atoms with van der Waals surface area (Å²) in [7, 11) is 3.09. The lowest BCUT2D eigenvalue weighted by Gasteiger charge is -2.26. The number of urea groups is 1. The molecule has 0 bridgehead atoms. The van der Waals surface area contributed by atoms with Crippen LogP contribution in [0.25, 0.3) is 0 Å². The van der Waals surface area contributed by atoms with Gasteiger partial charge in [-0.25, -0.2) is 9.18 Å². The molecule has 0 aliphatic carbocycles. The minimum Gasteiger partial charge on any atom is -0.493 e. The number of amides is 2. The van der Waals surface area contributed by atoms with Gasteiger partial charge in [0, 0.05) is 22.4 Å². The van der Waals surface area contributed by atoms with E-state index in [4.69, 9.17) is 9.47 Å². The summed E-state index contributed by atoms with van der Waals surface area (Å²) in [5.74, 6) is 1.69. The Kier molecular flexibility index (Phi) is 5.33. The molecule has 132 valence electrons. The smallest absolute Gasteiger partial charge is 0.319 e. The summed E-state index contributed by atoms with van der Waals surface area (Å²) >= 11 is 1.67. The van der Waals surface area contributed by atoms with Crippen molar-refractivity contribution in [3.8, 4) is 11.5 Å². The Labute approximate surface area is 149 Å². The number of carbonyl (C=O) groups is 1. The molecule has 1 aliphatic rings. The summed E-state index contributed by atoms with van der Waals surface area (Å²) in [4.78, 5) is 13.3. The maximum absolute atomic E-state index is 13.5. The van der Waals surface area contributed by atoms with E-state index >= 15 is 0 Å². The highest BCUT2D eigenvalue weighted by molar-refractivity contribution is 7.99. The second-order valence-electron chi connectivity index (χ2n) is 5.54. The maximum atomic E-state index is 13.5. The van der Waals surface area contributed by atoms with E-state index in [9.17, 15) is 9.18 Å². The summed E-state index contributed by atoms with van der Waals surface area (Å²) in [6, 6.07) is 9.26.